The molecule has 1 aliphatic heterocycles. The molecule has 4 rings (SSSR count). The van der Waals surface area contributed by atoms with E-state index in [2.05, 4.69) is 0 Å². The molecule has 1 saturated heterocycles. The molecule has 0 spiro atoms. The topological polar surface area (TPSA) is 70.8 Å². The number of Topliss-reactive ketones (excluding diaryl/α,β-unsaturated/α-hetero) is 1. The molecule has 0 saturated carbocycles. The lowest BCUT2D eigenvalue weighted by atomic mass is 9.95. The number of carbonyl (C=O) groups is 2. The van der Waals surface area contributed by atoms with E-state index < -0.39 is 17.7 Å². The molecule has 3 aromatic rings. The van der Waals surface area contributed by atoms with Crippen molar-refractivity contribution in [2.75, 3.05) is 0 Å². The third-order valence-corrected chi connectivity index (χ3v) is 5.04. The van der Waals surface area contributed by atoms with E-state index in [4.69, 9.17) is 16.0 Å². The van der Waals surface area contributed by atoms with Crippen molar-refractivity contribution in [3.8, 4) is 0 Å². The van der Waals surface area contributed by atoms with Crippen molar-refractivity contribution < 1.29 is 19.1 Å². The normalized spacial score (nSPS) is 18.6. The summed E-state index contributed by atoms with van der Waals surface area (Å²) >= 11 is 6.39. The van der Waals surface area contributed by atoms with E-state index in [0.717, 1.165) is 0 Å². The monoisotopic (exact) mass is 393 g/mol. The number of carbonyl (C=O) groups excluding carboxylic acids is 2. The van der Waals surface area contributed by atoms with Gasteiger partial charge >= 0.3 is 0 Å². The molecule has 2 heterocycles. The lowest BCUT2D eigenvalue weighted by molar-refractivity contribution is -0.140. The fourth-order valence-corrected chi connectivity index (χ4v) is 3.62. The first kappa shape index (κ1) is 18.1. The average molecular weight is 394 g/mol. The number of benzene rings is 2. The second-order valence-corrected chi connectivity index (χ2v) is 6.80. The Balaban J connectivity index is 1.90. The number of ketones is 1. The molecule has 1 fully saturated rings. The third-order valence-electron chi connectivity index (χ3n) is 4.69. The minimum Gasteiger partial charge on any atom is -0.507 e. The van der Waals surface area contributed by atoms with E-state index in [9.17, 15) is 14.7 Å². The van der Waals surface area contributed by atoms with Gasteiger partial charge in [0.05, 0.1) is 24.4 Å². The van der Waals surface area contributed by atoms with E-state index in [0.29, 0.717) is 21.9 Å². The Labute approximate surface area is 166 Å². The van der Waals surface area contributed by atoms with Crippen molar-refractivity contribution in [2.45, 2.75) is 12.6 Å². The van der Waals surface area contributed by atoms with Gasteiger partial charge in [0, 0.05) is 10.6 Å². The highest BCUT2D eigenvalue weighted by Crippen LogP contribution is 2.42. The van der Waals surface area contributed by atoms with Crippen LogP contribution in [-0.4, -0.2) is 21.7 Å². The minimum absolute atomic E-state index is 0.0101. The second-order valence-electron chi connectivity index (χ2n) is 6.39. The van der Waals surface area contributed by atoms with E-state index in [-0.39, 0.29) is 17.9 Å². The van der Waals surface area contributed by atoms with Crippen molar-refractivity contribution in [1.29, 1.82) is 0 Å². The van der Waals surface area contributed by atoms with Gasteiger partial charge in [0.25, 0.3) is 11.7 Å². The number of rotatable bonds is 4. The summed E-state index contributed by atoms with van der Waals surface area (Å²) in [7, 11) is 0. The smallest absolute Gasteiger partial charge is 0.296 e. The van der Waals surface area contributed by atoms with Crippen molar-refractivity contribution in [2.24, 2.45) is 0 Å². The molecule has 0 radical (unpaired) electrons. The van der Waals surface area contributed by atoms with Crippen molar-refractivity contribution in [3.05, 3.63) is 100 Å². The number of hydrogen-bond acceptors (Lipinski definition) is 4. The number of halogens is 1. The number of furan rings is 1. The summed E-state index contributed by atoms with van der Waals surface area (Å²) in [5, 5.41) is 11.3. The predicted molar refractivity (Wildman–Crippen MR) is 104 cm³/mol. The molecule has 1 atom stereocenters. The van der Waals surface area contributed by atoms with Gasteiger partial charge in [0.2, 0.25) is 0 Å². The molecule has 28 heavy (non-hydrogen) atoms. The maximum atomic E-state index is 12.9. The third kappa shape index (κ3) is 3.10. The molecule has 6 heteroatoms. The van der Waals surface area contributed by atoms with Crippen LogP contribution >= 0.6 is 11.6 Å². The van der Waals surface area contributed by atoms with Gasteiger partial charge in [0.1, 0.15) is 11.5 Å². The zero-order valence-corrected chi connectivity index (χ0v) is 15.5. The Bertz CT molecular complexity index is 1060. The van der Waals surface area contributed by atoms with Crippen LogP contribution in [0.4, 0.5) is 0 Å². The Morgan fingerprint density at radius 1 is 1.00 bits per heavy atom. The van der Waals surface area contributed by atoms with Gasteiger partial charge < -0.3 is 14.4 Å². The summed E-state index contributed by atoms with van der Waals surface area (Å²) in [5.41, 5.74) is 1.03. The van der Waals surface area contributed by atoms with E-state index in [1.165, 1.54) is 11.2 Å². The zero-order chi connectivity index (χ0) is 19.7. The number of aliphatic hydroxyl groups excluding tert-OH is 1. The van der Waals surface area contributed by atoms with Crippen molar-refractivity contribution in [1.82, 2.24) is 4.90 Å². The Hall–Kier alpha value is -3.31. The maximum Gasteiger partial charge on any atom is 0.296 e. The predicted octanol–water partition coefficient (Wildman–Crippen LogP) is 4.55. The lowest BCUT2D eigenvalue weighted by Gasteiger charge is -2.25. The summed E-state index contributed by atoms with van der Waals surface area (Å²) in [6.07, 6.45) is 1.50. The molecule has 140 valence electrons. The summed E-state index contributed by atoms with van der Waals surface area (Å²) in [4.78, 5) is 27.1. The molecule has 0 bridgehead atoms. The Kier molecular flexibility index (Phi) is 4.75. The zero-order valence-electron chi connectivity index (χ0n) is 14.7. The molecule has 1 aromatic heterocycles. The van der Waals surface area contributed by atoms with Gasteiger partial charge in [-0.05, 0) is 23.8 Å². The highest BCUT2D eigenvalue weighted by atomic mass is 35.5. The fraction of sp³-hybridized carbons (Fsp3) is 0.0909. The van der Waals surface area contributed by atoms with Crippen LogP contribution in [0, 0.1) is 0 Å². The second kappa shape index (κ2) is 7.37. The molecule has 5 nitrogen and oxygen atoms in total. The minimum atomic E-state index is -0.820. The van der Waals surface area contributed by atoms with Gasteiger partial charge in [-0.2, -0.15) is 0 Å². The number of aliphatic hydroxyl groups is 1. The lowest BCUT2D eigenvalue weighted by Crippen LogP contribution is -2.29. The maximum absolute atomic E-state index is 12.9. The molecule has 1 N–H and O–H groups in total. The van der Waals surface area contributed by atoms with Gasteiger partial charge in [-0.1, -0.05) is 60.1 Å². The van der Waals surface area contributed by atoms with E-state index in [1.807, 2.05) is 0 Å². The van der Waals surface area contributed by atoms with Crippen LogP contribution in [0.15, 0.2) is 83.0 Å². The van der Waals surface area contributed by atoms with E-state index >= 15 is 0 Å². The number of amides is 1. The van der Waals surface area contributed by atoms with Crippen LogP contribution in [0.5, 0.6) is 0 Å². The molecular formula is C22H16ClNO4. The molecule has 0 unspecified atom stereocenters. The highest BCUT2D eigenvalue weighted by Gasteiger charge is 2.46. The van der Waals surface area contributed by atoms with Crippen LogP contribution in [0.1, 0.15) is 22.9 Å². The molecule has 1 amide bonds. The van der Waals surface area contributed by atoms with Crippen LogP contribution in [0.3, 0.4) is 0 Å². The molecule has 1 aliphatic rings. The standard InChI is InChI=1S/C22H16ClNO4/c23-17-11-5-4-10-16(17)19-18(20(25)14-7-2-1-3-8-14)21(26)22(27)24(19)13-15-9-6-12-28-15/h1-12,19,25H,13H2/b20-18+/t19-/m0/s1. The summed E-state index contributed by atoms with van der Waals surface area (Å²) in [6.45, 7) is 0.0824. The highest BCUT2D eigenvalue weighted by molar-refractivity contribution is 6.46. The Morgan fingerprint density at radius 3 is 2.39 bits per heavy atom. The van der Waals surface area contributed by atoms with Crippen molar-refractivity contribution in [3.63, 3.8) is 0 Å². The molecular weight excluding hydrogens is 378 g/mol. The van der Waals surface area contributed by atoms with Gasteiger partial charge in [-0.25, -0.2) is 0 Å². The SMILES string of the molecule is O=C1C(=O)N(Cc2ccco2)[C@@H](c2ccccc2Cl)/C1=C(\O)c1ccccc1. The quantitative estimate of drug-likeness (QED) is 0.401. The number of nitrogens with zero attached hydrogens (tertiary/aromatic N) is 1. The van der Waals surface area contributed by atoms with Crippen LogP contribution in [-0.2, 0) is 16.1 Å². The molecule has 0 aliphatic carbocycles. The largest absolute Gasteiger partial charge is 0.507 e. The first-order valence-corrected chi connectivity index (χ1v) is 9.06. The van der Waals surface area contributed by atoms with Crippen molar-refractivity contribution >= 4 is 29.1 Å². The summed E-state index contributed by atoms with van der Waals surface area (Å²) in [6, 6.07) is 18.2. The molecule has 2 aromatic carbocycles. The summed E-state index contributed by atoms with van der Waals surface area (Å²) in [5.74, 6) is -1.17. The van der Waals surface area contributed by atoms with Crippen LogP contribution in [0.25, 0.3) is 5.76 Å². The average Bonchev–Trinajstić information content (AvgIpc) is 3.31. The summed E-state index contributed by atoms with van der Waals surface area (Å²) < 4.78 is 5.36. The van der Waals surface area contributed by atoms with Crippen LogP contribution in [0.2, 0.25) is 5.02 Å². The van der Waals surface area contributed by atoms with Gasteiger partial charge in [-0.3, -0.25) is 9.59 Å². The fourth-order valence-electron chi connectivity index (χ4n) is 3.39. The van der Waals surface area contributed by atoms with Crippen LogP contribution < -0.4 is 0 Å². The van der Waals surface area contributed by atoms with E-state index in [1.54, 1.807) is 66.7 Å². The van der Waals surface area contributed by atoms with Gasteiger partial charge in [0.15, 0.2) is 0 Å². The number of hydrogen-bond donors (Lipinski definition) is 1. The first-order valence-electron chi connectivity index (χ1n) is 8.68. The number of likely N-dealkylation sites (tertiary alicyclic amines) is 1. The Morgan fingerprint density at radius 2 is 1.71 bits per heavy atom. The first-order chi connectivity index (χ1) is 13.6. The van der Waals surface area contributed by atoms with Gasteiger partial charge in [-0.15, -0.1) is 0 Å².